The number of halogens is 1. The van der Waals surface area contributed by atoms with Crippen molar-refractivity contribution in [2.45, 2.75) is 19.8 Å². The van der Waals surface area contributed by atoms with Gasteiger partial charge >= 0.3 is 5.69 Å². The van der Waals surface area contributed by atoms with E-state index in [4.69, 9.17) is 9.47 Å². The van der Waals surface area contributed by atoms with E-state index in [0.717, 1.165) is 39.0 Å². The Morgan fingerprint density at radius 1 is 1.38 bits per heavy atom. The minimum atomic E-state index is -0.523. The summed E-state index contributed by atoms with van der Waals surface area (Å²) >= 11 is 0. The zero-order valence-electron chi connectivity index (χ0n) is 15.1. The fourth-order valence-corrected chi connectivity index (χ4v) is 2.87. The Hall–Kier alpha value is -2.06. The molecule has 0 aliphatic carbocycles. The molecule has 146 valence electrons. The zero-order valence-corrected chi connectivity index (χ0v) is 15.9. The third-order valence-corrected chi connectivity index (χ3v) is 4.36. The number of hydrogen-bond acceptors (Lipinski definition) is 6. The lowest BCUT2D eigenvalue weighted by Gasteiger charge is -2.32. The fourth-order valence-electron chi connectivity index (χ4n) is 2.87. The molecule has 8 nitrogen and oxygen atoms in total. The van der Waals surface area contributed by atoms with Gasteiger partial charge in [0.1, 0.15) is 5.75 Å². The Morgan fingerprint density at radius 3 is 2.65 bits per heavy atom. The Kier molecular flexibility index (Phi) is 9.15. The monoisotopic (exact) mass is 387 g/mol. The second-order valence-corrected chi connectivity index (χ2v) is 6.01. The van der Waals surface area contributed by atoms with Gasteiger partial charge in [0.2, 0.25) is 5.75 Å². The second kappa shape index (κ2) is 10.8. The first-order valence-electron chi connectivity index (χ1n) is 8.48. The smallest absolute Gasteiger partial charge is 0.311 e. The van der Waals surface area contributed by atoms with Crippen LogP contribution in [0.15, 0.2) is 18.2 Å². The maximum absolute atomic E-state index is 12.3. The second-order valence-electron chi connectivity index (χ2n) is 6.01. The number of piperidine rings is 1. The van der Waals surface area contributed by atoms with Crippen molar-refractivity contribution in [3.8, 4) is 11.5 Å². The number of nitro groups is 1. The standard InChI is InChI=1S/C17H25N3O5.ClH/c1-3-18-11-13-6-8-19(9-7-13)17(21)12-25-14-4-5-15(20(22)23)16(10-14)24-2;/h4-5,10,13,18H,3,6-9,11-12H2,1-2H3;1H. The first-order chi connectivity index (χ1) is 12.0. The molecule has 0 radical (unpaired) electrons. The summed E-state index contributed by atoms with van der Waals surface area (Å²) in [7, 11) is 1.36. The first-order valence-corrected chi connectivity index (χ1v) is 8.48. The lowest BCUT2D eigenvalue weighted by molar-refractivity contribution is -0.385. The number of carbonyl (C=O) groups is 1. The van der Waals surface area contributed by atoms with Gasteiger partial charge in [0.25, 0.3) is 5.91 Å². The Balaban J connectivity index is 0.00000338. The lowest BCUT2D eigenvalue weighted by atomic mass is 9.97. The highest BCUT2D eigenvalue weighted by atomic mass is 35.5. The normalized spacial score (nSPS) is 14.5. The number of benzene rings is 1. The van der Waals surface area contributed by atoms with Gasteiger partial charge in [0.15, 0.2) is 6.61 Å². The predicted molar refractivity (Wildman–Crippen MR) is 100 cm³/mol. The van der Waals surface area contributed by atoms with Gasteiger partial charge in [-0.25, -0.2) is 0 Å². The third kappa shape index (κ3) is 6.03. The number of nitro benzene ring substituents is 1. The van der Waals surface area contributed by atoms with Crippen molar-refractivity contribution in [2.24, 2.45) is 5.92 Å². The van der Waals surface area contributed by atoms with Gasteiger partial charge in [-0.15, -0.1) is 12.4 Å². The summed E-state index contributed by atoms with van der Waals surface area (Å²) in [5.74, 6) is 1.03. The number of likely N-dealkylation sites (tertiary alicyclic amines) is 1. The van der Waals surface area contributed by atoms with Crippen molar-refractivity contribution in [2.75, 3.05) is 39.9 Å². The van der Waals surface area contributed by atoms with Crippen LogP contribution >= 0.6 is 12.4 Å². The highest BCUT2D eigenvalue weighted by Gasteiger charge is 2.23. The molecule has 9 heteroatoms. The van der Waals surface area contributed by atoms with Gasteiger partial charge in [0, 0.05) is 25.2 Å². The van der Waals surface area contributed by atoms with E-state index in [2.05, 4.69) is 12.2 Å². The predicted octanol–water partition coefficient (Wildman–Crippen LogP) is 2.25. The molecule has 0 spiro atoms. The molecular weight excluding hydrogens is 362 g/mol. The summed E-state index contributed by atoms with van der Waals surface area (Å²) in [6, 6.07) is 4.20. The molecule has 0 bridgehead atoms. The van der Waals surface area contributed by atoms with Crippen molar-refractivity contribution >= 4 is 24.0 Å². The first kappa shape index (κ1) is 22.0. The molecule has 1 aliphatic rings. The van der Waals surface area contributed by atoms with Gasteiger partial charge in [0.05, 0.1) is 12.0 Å². The number of nitrogens with zero attached hydrogens (tertiary/aromatic N) is 2. The fraction of sp³-hybridized carbons (Fsp3) is 0.588. The van der Waals surface area contributed by atoms with Crippen LogP contribution in [-0.2, 0) is 4.79 Å². The molecular formula is C17H26ClN3O5. The lowest BCUT2D eigenvalue weighted by Crippen LogP contribution is -2.42. The Morgan fingerprint density at radius 2 is 2.08 bits per heavy atom. The molecule has 2 rings (SSSR count). The van der Waals surface area contributed by atoms with E-state index in [1.165, 1.54) is 25.3 Å². The molecule has 1 aliphatic heterocycles. The van der Waals surface area contributed by atoms with E-state index >= 15 is 0 Å². The summed E-state index contributed by atoms with van der Waals surface area (Å²) in [6.07, 6.45) is 1.98. The van der Waals surface area contributed by atoms with Crippen molar-refractivity contribution in [3.63, 3.8) is 0 Å². The molecule has 1 N–H and O–H groups in total. The van der Waals surface area contributed by atoms with Gasteiger partial charge in [-0.1, -0.05) is 6.92 Å². The molecule has 1 aromatic rings. The Bertz CT molecular complexity index is 606. The number of ether oxygens (including phenoxy) is 2. The van der Waals surface area contributed by atoms with Crippen LogP contribution in [0.25, 0.3) is 0 Å². The van der Waals surface area contributed by atoms with Crippen LogP contribution < -0.4 is 14.8 Å². The average molecular weight is 388 g/mol. The number of amides is 1. The van der Waals surface area contributed by atoms with Crippen molar-refractivity contribution < 1.29 is 19.2 Å². The molecule has 26 heavy (non-hydrogen) atoms. The summed E-state index contributed by atoms with van der Waals surface area (Å²) < 4.78 is 10.5. The van der Waals surface area contributed by atoms with Crippen LogP contribution in [-0.4, -0.2) is 55.6 Å². The molecule has 0 unspecified atom stereocenters. The number of methoxy groups -OCH3 is 1. The molecule has 1 amide bonds. The van der Waals surface area contributed by atoms with E-state index in [1.54, 1.807) is 0 Å². The van der Waals surface area contributed by atoms with Crippen molar-refractivity contribution in [1.82, 2.24) is 10.2 Å². The van der Waals surface area contributed by atoms with Crippen molar-refractivity contribution in [1.29, 1.82) is 0 Å². The van der Waals surface area contributed by atoms with E-state index in [9.17, 15) is 14.9 Å². The topological polar surface area (TPSA) is 93.9 Å². The molecule has 0 atom stereocenters. The highest BCUT2D eigenvalue weighted by Crippen LogP contribution is 2.30. The minimum Gasteiger partial charge on any atom is -0.490 e. The molecule has 0 aromatic heterocycles. The molecule has 1 fully saturated rings. The van der Waals surface area contributed by atoms with Crippen LogP contribution in [0.5, 0.6) is 11.5 Å². The average Bonchev–Trinajstić information content (AvgIpc) is 2.64. The summed E-state index contributed by atoms with van der Waals surface area (Å²) in [6.45, 7) is 5.44. The summed E-state index contributed by atoms with van der Waals surface area (Å²) in [5, 5.41) is 14.2. The SMILES string of the molecule is CCNCC1CCN(C(=O)COc2ccc([N+](=O)[O-])c(OC)c2)CC1.Cl. The van der Waals surface area contributed by atoms with Crippen LogP contribution in [0.3, 0.4) is 0 Å². The number of hydrogen-bond donors (Lipinski definition) is 1. The van der Waals surface area contributed by atoms with Gasteiger partial charge in [-0.05, 0) is 37.9 Å². The van der Waals surface area contributed by atoms with Crippen LogP contribution in [0, 0.1) is 16.0 Å². The largest absolute Gasteiger partial charge is 0.490 e. The number of carbonyl (C=O) groups excluding carboxylic acids is 1. The Labute approximate surface area is 159 Å². The molecule has 1 saturated heterocycles. The maximum Gasteiger partial charge on any atom is 0.311 e. The van der Waals surface area contributed by atoms with Gasteiger partial charge in [-0.2, -0.15) is 0 Å². The number of rotatable bonds is 8. The van der Waals surface area contributed by atoms with Crippen molar-refractivity contribution in [3.05, 3.63) is 28.3 Å². The maximum atomic E-state index is 12.3. The van der Waals surface area contributed by atoms with E-state index in [0.29, 0.717) is 11.7 Å². The van der Waals surface area contributed by atoms with Gasteiger partial charge in [-0.3, -0.25) is 14.9 Å². The summed E-state index contributed by atoms with van der Waals surface area (Å²) in [5.41, 5.74) is -0.135. The molecule has 0 saturated carbocycles. The van der Waals surface area contributed by atoms with Gasteiger partial charge < -0.3 is 19.7 Å². The van der Waals surface area contributed by atoms with E-state index in [-0.39, 0.29) is 36.4 Å². The molecule has 1 aromatic carbocycles. The van der Waals surface area contributed by atoms with Crippen LogP contribution in [0.1, 0.15) is 19.8 Å². The van der Waals surface area contributed by atoms with Crippen LogP contribution in [0.2, 0.25) is 0 Å². The quantitative estimate of drug-likeness (QED) is 0.543. The number of nitrogens with one attached hydrogen (secondary N) is 1. The third-order valence-electron chi connectivity index (χ3n) is 4.36. The molecule has 1 heterocycles. The van der Waals surface area contributed by atoms with E-state index < -0.39 is 4.92 Å². The van der Waals surface area contributed by atoms with E-state index in [1.807, 2.05) is 4.90 Å². The minimum absolute atomic E-state index is 0. The summed E-state index contributed by atoms with van der Waals surface area (Å²) in [4.78, 5) is 24.4. The zero-order chi connectivity index (χ0) is 18.2. The van der Waals surface area contributed by atoms with Crippen LogP contribution in [0.4, 0.5) is 5.69 Å². The highest BCUT2D eigenvalue weighted by molar-refractivity contribution is 5.85.